The van der Waals surface area contributed by atoms with Gasteiger partial charge in [0.1, 0.15) is 18.0 Å². The summed E-state index contributed by atoms with van der Waals surface area (Å²) in [7, 11) is 0. The first-order valence-corrected chi connectivity index (χ1v) is 5.42. The highest BCUT2D eigenvalue weighted by Crippen LogP contribution is 2.19. The van der Waals surface area contributed by atoms with Crippen molar-refractivity contribution in [2.75, 3.05) is 24.0 Å². The minimum atomic E-state index is 0.336. The molecule has 1 aliphatic heterocycles. The zero-order valence-corrected chi connectivity index (χ0v) is 9.31. The van der Waals surface area contributed by atoms with E-state index in [0.29, 0.717) is 17.8 Å². The van der Waals surface area contributed by atoms with Crippen molar-refractivity contribution in [1.29, 1.82) is 0 Å². The van der Waals surface area contributed by atoms with Crippen molar-refractivity contribution in [1.82, 2.24) is 9.97 Å². The molecule has 1 fully saturated rings. The van der Waals surface area contributed by atoms with Crippen molar-refractivity contribution in [2.45, 2.75) is 19.4 Å². The third kappa shape index (κ3) is 2.59. The molecule has 0 aliphatic carbocycles. The van der Waals surface area contributed by atoms with Crippen LogP contribution in [-0.2, 0) is 4.74 Å². The Morgan fingerprint density at radius 3 is 3.00 bits per heavy atom. The zero-order chi connectivity index (χ0) is 11.4. The van der Waals surface area contributed by atoms with Crippen LogP contribution in [0.2, 0.25) is 0 Å². The van der Waals surface area contributed by atoms with Crippen LogP contribution in [0.4, 0.5) is 11.6 Å². The monoisotopic (exact) mass is 223 g/mol. The third-order valence-electron chi connectivity index (χ3n) is 2.86. The number of nitrogen functional groups attached to an aromatic ring is 1. The smallest absolute Gasteiger partial charge is 0.145 e. The molecule has 0 spiro atoms. The zero-order valence-electron chi connectivity index (χ0n) is 9.31. The maximum Gasteiger partial charge on any atom is 0.145 e. The average Bonchev–Trinajstić information content (AvgIpc) is 2.83. The summed E-state index contributed by atoms with van der Waals surface area (Å²) < 4.78 is 5.36. The van der Waals surface area contributed by atoms with Crippen molar-refractivity contribution >= 4 is 11.6 Å². The lowest BCUT2D eigenvalue weighted by molar-refractivity contribution is 0.183. The van der Waals surface area contributed by atoms with Crippen LogP contribution in [0.25, 0.3) is 0 Å². The van der Waals surface area contributed by atoms with E-state index in [-0.39, 0.29) is 0 Å². The Hall–Kier alpha value is -1.40. The second-order valence-corrected chi connectivity index (χ2v) is 3.99. The number of anilines is 2. The van der Waals surface area contributed by atoms with Gasteiger partial charge in [-0.3, -0.25) is 0 Å². The standard InChI is InChI=1S/C10H17N5O/c1-7(8-2-3-16-5-8)14-9-4-10(15-11)13-6-12-9/h4,6-8H,2-3,5,11H2,1H3,(H2,12,13,14,15). The summed E-state index contributed by atoms with van der Waals surface area (Å²) >= 11 is 0. The molecule has 2 unspecified atom stereocenters. The molecule has 4 N–H and O–H groups in total. The number of nitrogens with one attached hydrogen (secondary N) is 2. The molecular weight excluding hydrogens is 206 g/mol. The molecule has 0 saturated carbocycles. The molecule has 2 atom stereocenters. The SMILES string of the molecule is CC(Nc1cc(NN)ncn1)C1CCOC1. The van der Waals surface area contributed by atoms with Crippen LogP contribution in [0.15, 0.2) is 12.4 Å². The Kier molecular flexibility index (Phi) is 3.53. The quantitative estimate of drug-likeness (QED) is 0.512. The van der Waals surface area contributed by atoms with Crippen LogP contribution in [0.5, 0.6) is 0 Å². The largest absolute Gasteiger partial charge is 0.381 e. The van der Waals surface area contributed by atoms with Gasteiger partial charge in [0.2, 0.25) is 0 Å². The van der Waals surface area contributed by atoms with E-state index in [1.165, 1.54) is 6.33 Å². The molecular formula is C10H17N5O. The topological polar surface area (TPSA) is 85.1 Å². The highest BCUT2D eigenvalue weighted by molar-refractivity contribution is 5.46. The minimum absolute atomic E-state index is 0.336. The van der Waals surface area contributed by atoms with E-state index in [1.807, 2.05) is 0 Å². The molecule has 0 aromatic carbocycles. The van der Waals surface area contributed by atoms with Gasteiger partial charge < -0.3 is 15.5 Å². The van der Waals surface area contributed by atoms with Crippen molar-refractivity contribution < 1.29 is 4.74 Å². The molecule has 1 aromatic rings. The molecule has 0 amide bonds. The summed E-state index contributed by atoms with van der Waals surface area (Å²) in [6.07, 6.45) is 2.58. The van der Waals surface area contributed by atoms with E-state index in [0.717, 1.165) is 25.5 Å². The number of aromatic nitrogens is 2. The van der Waals surface area contributed by atoms with E-state index in [1.54, 1.807) is 6.07 Å². The van der Waals surface area contributed by atoms with Crippen LogP contribution in [-0.4, -0.2) is 29.2 Å². The second kappa shape index (κ2) is 5.09. The van der Waals surface area contributed by atoms with Gasteiger partial charge in [-0.2, -0.15) is 0 Å². The predicted molar refractivity (Wildman–Crippen MR) is 61.9 cm³/mol. The Labute approximate surface area is 94.6 Å². The van der Waals surface area contributed by atoms with Crippen molar-refractivity contribution in [3.05, 3.63) is 12.4 Å². The van der Waals surface area contributed by atoms with Gasteiger partial charge in [-0.25, -0.2) is 15.8 Å². The molecule has 2 rings (SSSR count). The lowest BCUT2D eigenvalue weighted by Gasteiger charge is -2.19. The number of rotatable bonds is 4. The minimum Gasteiger partial charge on any atom is -0.381 e. The molecule has 6 heteroatoms. The summed E-state index contributed by atoms with van der Waals surface area (Å²) in [6.45, 7) is 3.81. The number of ether oxygens (including phenoxy) is 1. The average molecular weight is 223 g/mol. The first-order chi connectivity index (χ1) is 7.79. The molecule has 1 saturated heterocycles. The maximum absolute atomic E-state index is 5.36. The predicted octanol–water partition coefficient (Wildman–Crippen LogP) is 0.599. The van der Waals surface area contributed by atoms with E-state index in [4.69, 9.17) is 10.6 Å². The second-order valence-electron chi connectivity index (χ2n) is 3.99. The molecule has 1 aromatic heterocycles. The summed E-state index contributed by atoms with van der Waals surface area (Å²) in [5.74, 6) is 7.21. The Bertz CT molecular complexity index is 340. The van der Waals surface area contributed by atoms with E-state index in [2.05, 4.69) is 27.6 Å². The molecule has 0 bridgehead atoms. The van der Waals surface area contributed by atoms with Gasteiger partial charge in [0.25, 0.3) is 0 Å². The first kappa shape index (κ1) is 11.1. The van der Waals surface area contributed by atoms with E-state index in [9.17, 15) is 0 Å². The van der Waals surface area contributed by atoms with Gasteiger partial charge in [0.15, 0.2) is 0 Å². The molecule has 1 aliphatic rings. The van der Waals surface area contributed by atoms with Gasteiger partial charge in [0.05, 0.1) is 6.61 Å². The van der Waals surface area contributed by atoms with Crippen LogP contribution in [0.3, 0.4) is 0 Å². The highest BCUT2D eigenvalue weighted by Gasteiger charge is 2.22. The van der Waals surface area contributed by atoms with Gasteiger partial charge in [-0.1, -0.05) is 0 Å². The Morgan fingerprint density at radius 2 is 2.31 bits per heavy atom. The number of hydrogen-bond donors (Lipinski definition) is 3. The molecule has 16 heavy (non-hydrogen) atoms. The van der Waals surface area contributed by atoms with Gasteiger partial charge in [0, 0.05) is 24.6 Å². The molecule has 6 nitrogen and oxygen atoms in total. The lowest BCUT2D eigenvalue weighted by Crippen LogP contribution is -2.26. The van der Waals surface area contributed by atoms with Gasteiger partial charge in [-0.15, -0.1) is 0 Å². The lowest BCUT2D eigenvalue weighted by atomic mass is 10.0. The number of nitrogens with two attached hydrogens (primary N) is 1. The number of nitrogens with zero attached hydrogens (tertiary/aromatic N) is 2. The summed E-state index contributed by atoms with van der Waals surface area (Å²) in [5.41, 5.74) is 2.49. The van der Waals surface area contributed by atoms with Gasteiger partial charge >= 0.3 is 0 Å². The number of hydrogen-bond acceptors (Lipinski definition) is 6. The van der Waals surface area contributed by atoms with Crippen LogP contribution >= 0.6 is 0 Å². The fourth-order valence-corrected chi connectivity index (χ4v) is 1.81. The summed E-state index contributed by atoms with van der Waals surface area (Å²) in [6, 6.07) is 2.12. The van der Waals surface area contributed by atoms with Crippen molar-refractivity contribution in [2.24, 2.45) is 11.8 Å². The van der Waals surface area contributed by atoms with Crippen LogP contribution < -0.4 is 16.6 Å². The van der Waals surface area contributed by atoms with E-state index < -0.39 is 0 Å². The maximum atomic E-state index is 5.36. The molecule has 2 heterocycles. The van der Waals surface area contributed by atoms with Crippen LogP contribution in [0.1, 0.15) is 13.3 Å². The first-order valence-electron chi connectivity index (χ1n) is 5.42. The number of hydrazine groups is 1. The Morgan fingerprint density at radius 1 is 1.50 bits per heavy atom. The van der Waals surface area contributed by atoms with Gasteiger partial charge in [-0.05, 0) is 13.3 Å². The van der Waals surface area contributed by atoms with Crippen molar-refractivity contribution in [3.8, 4) is 0 Å². The fraction of sp³-hybridized carbons (Fsp3) is 0.600. The normalized spacial score (nSPS) is 21.8. The molecule has 88 valence electrons. The summed E-state index contributed by atoms with van der Waals surface area (Å²) in [5, 5.41) is 3.33. The fourth-order valence-electron chi connectivity index (χ4n) is 1.81. The highest BCUT2D eigenvalue weighted by atomic mass is 16.5. The van der Waals surface area contributed by atoms with Crippen LogP contribution in [0, 0.1) is 5.92 Å². The van der Waals surface area contributed by atoms with E-state index >= 15 is 0 Å². The Balaban J connectivity index is 1.96. The molecule has 0 radical (unpaired) electrons. The third-order valence-corrected chi connectivity index (χ3v) is 2.86. The van der Waals surface area contributed by atoms with Crippen molar-refractivity contribution in [3.63, 3.8) is 0 Å². The summed E-state index contributed by atoms with van der Waals surface area (Å²) in [4.78, 5) is 8.09.